The number of hydrogen-bond donors (Lipinski definition) is 0. The summed E-state index contributed by atoms with van der Waals surface area (Å²) in [4.78, 5) is 10.1. The third-order valence-electron chi connectivity index (χ3n) is 10.1. The van der Waals surface area contributed by atoms with E-state index in [4.69, 9.17) is 9.97 Å². The summed E-state index contributed by atoms with van der Waals surface area (Å²) in [5.41, 5.74) is 10.9. The molecular weight excluding hydrogens is 607 g/mol. The summed E-state index contributed by atoms with van der Waals surface area (Å²) in [5, 5.41) is 7.35. The number of benzene rings is 6. The Hall–Kier alpha value is -6.50. The van der Waals surface area contributed by atoms with Crippen LogP contribution < -0.4 is 0 Å². The van der Waals surface area contributed by atoms with E-state index in [-0.39, 0.29) is 0 Å². The molecule has 1 unspecified atom stereocenters. The van der Waals surface area contributed by atoms with E-state index in [2.05, 4.69) is 151 Å². The van der Waals surface area contributed by atoms with E-state index in [1.54, 1.807) is 0 Å². The van der Waals surface area contributed by atoms with Crippen molar-refractivity contribution in [3.8, 4) is 39.6 Å². The highest BCUT2D eigenvalue weighted by molar-refractivity contribution is 6.32. The Morgan fingerprint density at radius 3 is 1.86 bits per heavy atom. The number of allylic oxidation sites excluding steroid dienone is 1. The predicted molar refractivity (Wildman–Crippen MR) is 207 cm³/mol. The van der Waals surface area contributed by atoms with Crippen molar-refractivity contribution >= 4 is 49.4 Å². The van der Waals surface area contributed by atoms with Crippen LogP contribution in [0.25, 0.3) is 89.0 Å². The number of rotatable bonds is 4. The maximum atomic E-state index is 5.10. The molecule has 50 heavy (non-hydrogen) atoms. The molecule has 0 spiro atoms. The van der Waals surface area contributed by atoms with Gasteiger partial charge in [-0.15, -0.1) is 0 Å². The molecule has 9 aromatic rings. The van der Waals surface area contributed by atoms with E-state index in [0.717, 1.165) is 51.1 Å². The lowest BCUT2D eigenvalue weighted by atomic mass is 9.90. The molecule has 7 aromatic carbocycles. The minimum Gasteiger partial charge on any atom is -0.308 e. The van der Waals surface area contributed by atoms with Gasteiger partial charge in [-0.2, -0.15) is 0 Å². The van der Waals surface area contributed by atoms with Crippen LogP contribution in [0, 0.1) is 18.1 Å². The van der Waals surface area contributed by atoms with Crippen LogP contribution >= 0.6 is 0 Å². The van der Waals surface area contributed by atoms with Crippen LogP contribution in [0.3, 0.4) is 0 Å². The van der Waals surface area contributed by atoms with Gasteiger partial charge >= 0.3 is 0 Å². The van der Waals surface area contributed by atoms with Gasteiger partial charge in [0.2, 0.25) is 0 Å². The molecular formula is C47H31N3. The molecule has 10 rings (SSSR count). The number of fused-ring (bicyclic) bond motifs is 10. The van der Waals surface area contributed by atoms with E-state index in [1.807, 2.05) is 24.3 Å². The summed E-state index contributed by atoms with van der Waals surface area (Å²) in [6.07, 6.45) is 5.48. The Balaban J connectivity index is 1.23. The second-order valence-electron chi connectivity index (χ2n) is 13.3. The minimum atomic E-state index is 0.444. The number of hydrogen-bond acceptors (Lipinski definition) is 2. The normalized spacial score (nSPS) is 14.0. The van der Waals surface area contributed by atoms with Crippen molar-refractivity contribution in [2.75, 3.05) is 0 Å². The monoisotopic (exact) mass is 637 g/mol. The highest BCUT2D eigenvalue weighted by atomic mass is 15.0. The number of nitrogens with zero attached hydrogens (tertiary/aromatic N) is 3. The zero-order valence-corrected chi connectivity index (χ0v) is 27.6. The van der Waals surface area contributed by atoms with Crippen LogP contribution in [0.2, 0.25) is 0 Å². The van der Waals surface area contributed by atoms with Gasteiger partial charge in [0.15, 0.2) is 5.82 Å². The first kappa shape index (κ1) is 28.5. The summed E-state index contributed by atoms with van der Waals surface area (Å²) < 4.78 is 2.49. The van der Waals surface area contributed by atoms with Gasteiger partial charge in [-0.05, 0) is 58.3 Å². The molecule has 0 saturated carbocycles. The first-order chi connectivity index (χ1) is 24.7. The SMILES string of the molecule is CC1C=Cc2c#cc3c4c5ccccc5c5ccccc5c4n(-c4ccc(-c5cc(-c6ccccc6)nc(-c6ccccc6)n5)cc4)c3c2C1. The average molecular weight is 638 g/mol. The molecule has 2 aromatic heterocycles. The van der Waals surface area contributed by atoms with Crippen LogP contribution in [0.15, 0.2) is 146 Å². The van der Waals surface area contributed by atoms with Gasteiger partial charge in [0, 0.05) is 38.7 Å². The van der Waals surface area contributed by atoms with Crippen molar-refractivity contribution in [1.29, 1.82) is 0 Å². The topological polar surface area (TPSA) is 30.7 Å². The first-order valence-corrected chi connectivity index (χ1v) is 17.2. The van der Waals surface area contributed by atoms with Crippen molar-refractivity contribution < 1.29 is 0 Å². The maximum Gasteiger partial charge on any atom is 0.160 e. The maximum absolute atomic E-state index is 5.10. The number of aromatic nitrogens is 3. The lowest BCUT2D eigenvalue weighted by Crippen LogP contribution is -2.06. The molecule has 0 bridgehead atoms. The van der Waals surface area contributed by atoms with Gasteiger partial charge < -0.3 is 4.57 Å². The minimum absolute atomic E-state index is 0.444. The van der Waals surface area contributed by atoms with Gasteiger partial charge in [0.25, 0.3) is 0 Å². The largest absolute Gasteiger partial charge is 0.308 e. The van der Waals surface area contributed by atoms with Crippen molar-refractivity contribution in [1.82, 2.24) is 14.5 Å². The van der Waals surface area contributed by atoms with E-state index < -0.39 is 0 Å². The van der Waals surface area contributed by atoms with E-state index >= 15 is 0 Å². The summed E-state index contributed by atoms with van der Waals surface area (Å²) >= 11 is 0. The second kappa shape index (κ2) is 11.3. The lowest BCUT2D eigenvalue weighted by Gasteiger charge is -2.18. The fourth-order valence-electron chi connectivity index (χ4n) is 7.80. The second-order valence-corrected chi connectivity index (χ2v) is 13.3. The third-order valence-corrected chi connectivity index (χ3v) is 10.1. The zero-order chi connectivity index (χ0) is 33.2. The smallest absolute Gasteiger partial charge is 0.160 e. The molecule has 0 saturated heterocycles. The Labute approximate surface area is 290 Å². The first-order valence-electron chi connectivity index (χ1n) is 17.2. The van der Waals surface area contributed by atoms with Crippen molar-refractivity contribution in [2.45, 2.75) is 13.3 Å². The van der Waals surface area contributed by atoms with Crippen LogP contribution in [0.1, 0.15) is 18.1 Å². The lowest BCUT2D eigenvalue weighted by molar-refractivity contribution is 0.720. The highest BCUT2D eigenvalue weighted by Gasteiger charge is 2.24. The van der Waals surface area contributed by atoms with Crippen LogP contribution in [-0.4, -0.2) is 14.5 Å². The molecule has 0 N–H and O–H groups in total. The zero-order valence-electron chi connectivity index (χ0n) is 27.6. The van der Waals surface area contributed by atoms with Crippen LogP contribution in [0.4, 0.5) is 0 Å². The molecule has 2 heterocycles. The van der Waals surface area contributed by atoms with Gasteiger partial charge in [0.05, 0.1) is 27.8 Å². The molecule has 1 aliphatic carbocycles. The van der Waals surface area contributed by atoms with Gasteiger partial charge in [0.1, 0.15) is 0 Å². The van der Waals surface area contributed by atoms with Gasteiger partial charge in [-0.3, -0.25) is 0 Å². The highest BCUT2D eigenvalue weighted by Crippen LogP contribution is 2.44. The molecule has 3 nitrogen and oxygen atoms in total. The fourth-order valence-corrected chi connectivity index (χ4v) is 7.80. The van der Waals surface area contributed by atoms with E-state index in [0.29, 0.717) is 11.7 Å². The van der Waals surface area contributed by atoms with Gasteiger partial charge in [-0.1, -0.05) is 146 Å². The van der Waals surface area contributed by atoms with Crippen LogP contribution in [-0.2, 0) is 6.42 Å². The summed E-state index contributed by atoms with van der Waals surface area (Å²) in [6, 6.07) is 56.4. The molecule has 1 atom stereocenters. The Kier molecular flexibility index (Phi) is 6.44. The molecule has 1 aliphatic rings. The molecule has 0 radical (unpaired) electrons. The summed E-state index contributed by atoms with van der Waals surface area (Å²) in [5.74, 6) is 1.16. The quantitative estimate of drug-likeness (QED) is 0.180. The Bertz CT molecular complexity index is 2720. The van der Waals surface area contributed by atoms with Crippen molar-refractivity contribution in [3.05, 3.63) is 169 Å². The molecule has 0 amide bonds. The fraction of sp³-hybridized carbons (Fsp3) is 0.0638. The Morgan fingerprint density at radius 1 is 0.580 bits per heavy atom. The van der Waals surface area contributed by atoms with E-state index in [9.17, 15) is 0 Å². The average Bonchev–Trinajstić information content (AvgIpc) is 3.55. The third kappa shape index (κ3) is 4.46. The Morgan fingerprint density at radius 2 is 1.16 bits per heavy atom. The summed E-state index contributed by atoms with van der Waals surface area (Å²) in [6.45, 7) is 2.30. The van der Waals surface area contributed by atoms with Crippen molar-refractivity contribution in [2.24, 2.45) is 5.92 Å². The molecule has 0 fully saturated rings. The molecule has 0 aliphatic heterocycles. The van der Waals surface area contributed by atoms with Crippen molar-refractivity contribution in [3.63, 3.8) is 0 Å². The standard InChI is InChI=1S/C47H31N3/c1-30-20-21-31-24-27-40-44-38-18-10-8-16-36(38)37-17-9-11-19-39(37)46(44)50(45(40)41(31)28-30)35-25-22-33(23-26-35)43-29-42(32-12-4-2-5-13-32)48-47(49-43)34-14-6-3-7-15-34/h2-23,25-26,29-30H,28H2,1H3. The van der Waals surface area contributed by atoms with E-state index in [1.165, 1.54) is 43.5 Å². The predicted octanol–water partition coefficient (Wildman–Crippen LogP) is 11.7. The molecule has 234 valence electrons. The van der Waals surface area contributed by atoms with Crippen LogP contribution in [0.5, 0.6) is 0 Å². The summed E-state index contributed by atoms with van der Waals surface area (Å²) in [7, 11) is 0. The van der Waals surface area contributed by atoms with Gasteiger partial charge in [-0.25, -0.2) is 9.97 Å². The molecule has 3 heteroatoms.